The van der Waals surface area contributed by atoms with Crippen LogP contribution in [0.25, 0.3) is 6.08 Å². The molecule has 4 rings (SSSR count). The topological polar surface area (TPSA) is 103 Å². The molecule has 1 heterocycles. The molecule has 1 aliphatic rings. The number of halogens is 4. The van der Waals surface area contributed by atoms with E-state index in [4.69, 9.17) is 53.8 Å². The van der Waals surface area contributed by atoms with Gasteiger partial charge in [0.15, 0.2) is 11.5 Å². The van der Waals surface area contributed by atoms with Gasteiger partial charge in [-0.1, -0.05) is 40.9 Å². The molecule has 1 N–H and O–H groups in total. The predicted molar refractivity (Wildman–Crippen MR) is 160 cm³/mol. The van der Waals surface area contributed by atoms with Crippen LogP contribution < -0.4 is 29.2 Å². The molecule has 3 aromatic rings. The summed E-state index contributed by atoms with van der Waals surface area (Å²) in [5, 5.41) is 3.22. The van der Waals surface area contributed by atoms with Crippen molar-refractivity contribution in [2.45, 2.75) is 13.5 Å². The Labute approximate surface area is 259 Å². The second-order valence-corrected chi connectivity index (χ2v) is 10.5. The van der Waals surface area contributed by atoms with Gasteiger partial charge in [0.25, 0.3) is 11.8 Å². The summed E-state index contributed by atoms with van der Waals surface area (Å²) in [4.78, 5) is 39.9. The predicted octanol–water partition coefficient (Wildman–Crippen LogP) is 7.07. The summed E-state index contributed by atoms with van der Waals surface area (Å²) >= 11 is 21.8. The highest BCUT2D eigenvalue weighted by atomic mass is 79.9. The third-order valence-electron chi connectivity index (χ3n) is 5.81. The summed E-state index contributed by atoms with van der Waals surface area (Å²) in [5.41, 5.74) is 0.940. The maximum Gasteiger partial charge on any atom is 0.336 e. The monoisotopic (exact) mass is 682 g/mol. The Hall–Kier alpha value is -3.44. The molecule has 0 radical (unpaired) electrons. The number of imide groups is 2. The van der Waals surface area contributed by atoms with Crippen LogP contribution in [-0.2, 0) is 16.2 Å². The van der Waals surface area contributed by atoms with Crippen molar-refractivity contribution in [2.75, 3.05) is 25.7 Å². The number of nitrogens with zero attached hydrogens (tertiary/aromatic N) is 1. The maximum atomic E-state index is 13.5. The lowest BCUT2D eigenvalue weighted by molar-refractivity contribution is -0.122. The van der Waals surface area contributed by atoms with Crippen molar-refractivity contribution < 1.29 is 33.3 Å². The molecule has 0 aliphatic carbocycles. The number of benzene rings is 3. The zero-order valence-electron chi connectivity index (χ0n) is 21.8. The highest BCUT2D eigenvalue weighted by molar-refractivity contribution is 9.10. The summed E-state index contributed by atoms with van der Waals surface area (Å²) in [6.07, 6.45) is 1.34. The average molecular weight is 685 g/mol. The Morgan fingerprint density at radius 2 is 1.61 bits per heavy atom. The first-order valence-corrected chi connectivity index (χ1v) is 13.9. The summed E-state index contributed by atoms with van der Waals surface area (Å²) in [7, 11) is 2.74. The number of rotatable bonds is 9. The van der Waals surface area contributed by atoms with Crippen LogP contribution in [0.4, 0.5) is 10.5 Å². The zero-order chi connectivity index (χ0) is 29.8. The van der Waals surface area contributed by atoms with Gasteiger partial charge in [-0.2, -0.15) is 0 Å². The number of methoxy groups -OCH3 is 2. The van der Waals surface area contributed by atoms with Crippen LogP contribution in [0.3, 0.4) is 0 Å². The van der Waals surface area contributed by atoms with Crippen LogP contribution in [-0.4, -0.2) is 38.7 Å². The number of urea groups is 1. The van der Waals surface area contributed by atoms with E-state index in [1.165, 1.54) is 32.4 Å². The van der Waals surface area contributed by atoms with E-state index in [1.54, 1.807) is 37.3 Å². The van der Waals surface area contributed by atoms with E-state index < -0.39 is 17.8 Å². The van der Waals surface area contributed by atoms with Gasteiger partial charge < -0.3 is 18.9 Å². The van der Waals surface area contributed by atoms with Gasteiger partial charge in [-0.15, -0.1) is 0 Å². The first-order chi connectivity index (χ1) is 19.6. The van der Waals surface area contributed by atoms with E-state index in [0.29, 0.717) is 38.2 Å². The smallest absolute Gasteiger partial charge is 0.336 e. The fourth-order valence-corrected chi connectivity index (χ4v) is 5.05. The highest BCUT2D eigenvalue weighted by Crippen LogP contribution is 2.41. The molecular formula is C28H22BrCl3N2O7. The molecule has 3 aromatic carbocycles. The number of carbonyl (C=O) groups excluding carboxylic acids is 3. The lowest BCUT2D eigenvalue weighted by atomic mass is 10.1. The minimum absolute atomic E-state index is 0.0388. The van der Waals surface area contributed by atoms with E-state index in [0.717, 1.165) is 10.5 Å². The molecule has 1 saturated heterocycles. The molecule has 0 atom stereocenters. The number of amides is 4. The van der Waals surface area contributed by atoms with Crippen LogP contribution >= 0.6 is 50.7 Å². The van der Waals surface area contributed by atoms with Crippen molar-refractivity contribution in [3.63, 3.8) is 0 Å². The van der Waals surface area contributed by atoms with E-state index >= 15 is 0 Å². The Morgan fingerprint density at radius 3 is 2.27 bits per heavy atom. The SMILES string of the molecule is CCOc1cc(/C=C2\C(=O)NC(=O)N(c3cc(OC)c(Cl)cc3OC)C2=O)cc(Br)c1OCc1ccc(Cl)c(Cl)c1. The molecule has 0 saturated carbocycles. The number of barbiturate groups is 1. The number of hydrogen-bond acceptors (Lipinski definition) is 7. The Morgan fingerprint density at radius 1 is 0.878 bits per heavy atom. The Kier molecular flexibility index (Phi) is 9.70. The molecule has 214 valence electrons. The van der Waals surface area contributed by atoms with Crippen molar-refractivity contribution >= 4 is 80.3 Å². The van der Waals surface area contributed by atoms with Crippen molar-refractivity contribution in [1.82, 2.24) is 5.32 Å². The molecule has 0 aromatic heterocycles. The summed E-state index contributed by atoms with van der Waals surface area (Å²) in [6, 6.07) is 10.2. The second kappa shape index (κ2) is 13.0. The summed E-state index contributed by atoms with van der Waals surface area (Å²) in [6.45, 7) is 2.28. The van der Waals surface area contributed by atoms with Crippen LogP contribution in [0.15, 0.2) is 52.5 Å². The first kappa shape index (κ1) is 30.5. The van der Waals surface area contributed by atoms with Crippen molar-refractivity contribution in [2.24, 2.45) is 0 Å². The van der Waals surface area contributed by atoms with Gasteiger partial charge in [0, 0.05) is 12.1 Å². The van der Waals surface area contributed by atoms with E-state index in [9.17, 15) is 14.4 Å². The van der Waals surface area contributed by atoms with Gasteiger partial charge in [-0.05, 0) is 64.3 Å². The number of anilines is 1. The summed E-state index contributed by atoms with van der Waals surface area (Å²) < 4.78 is 22.8. The molecule has 41 heavy (non-hydrogen) atoms. The third kappa shape index (κ3) is 6.56. The van der Waals surface area contributed by atoms with Gasteiger partial charge in [0.05, 0.1) is 46.1 Å². The third-order valence-corrected chi connectivity index (χ3v) is 7.43. The van der Waals surface area contributed by atoms with Crippen molar-refractivity contribution in [1.29, 1.82) is 0 Å². The number of carbonyl (C=O) groups is 3. The number of hydrogen-bond donors (Lipinski definition) is 1. The van der Waals surface area contributed by atoms with E-state index in [-0.39, 0.29) is 34.4 Å². The molecule has 0 bridgehead atoms. The van der Waals surface area contributed by atoms with E-state index in [1.807, 2.05) is 0 Å². The molecular weight excluding hydrogens is 663 g/mol. The van der Waals surface area contributed by atoms with Gasteiger partial charge >= 0.3 is 6.03 Å². The second-order valence-electron chi connectivity index (χ2n) is 8.42. The quantitative estimate of drug-likeness (QED) is 0.190. The van der Waals surface area contributed by atoms with Crippen molar-refractivity contribution in [3.05, 3.63) is 78.7 Å². The normalized spacial score (nSPS) is 14.3. The van der Waals surface area contributed by atoms with Crippen molar-refractivity contribution in [3.8, 4) is 23.0 Å². The average Bonchev–Trinajstić information content (AvgIpc) is 2.93. The molecule has 1 aliphatic heterocycles. The Balaban J connectivity index is 1.70. The molecule has 9 nitrogen and oxygen atoms in total. The minimum Gasteiger partial charge on any atom is -0.495 e. The lowest BCUT2D eigenvalue weighted by Crippen LogP contribution is -2.54. The van der Waals surface area contributed by atoms with Gasteiger partial charge in [0.2, 0.25) is 0 Å². The first-order valence-electron chi connectivity index (χ1n) is 11.9. The van der Waals surface area contributed by atoms with Gasteiger partial charge in [0.1, 0.15) is 23.7 Å². The van der Waals surface area contributed by atoms with Gasteiger partial charge in [-0.25, -0.2) is 9.69 Å². The fourth-order valence-electron chi connectivity index (χ4n) is 3.92. The number of ether oxygens (including phenoxy) is 4. The van der Waals surface area contributed by atoms with Crippen LogP contribution in [0, 0.1) is 0 Å². The fraction of sp³-hybridized carbons (Fsp3) is 0.179. The molecule has 13 heteroatoms. The van der Waals surface area contributed by atoms with Crippen LogP contribution in [0.1, 0.15) is 18.1 Å². The lowest BCUT2D eigenvalue weighted by Gasteiger charge is -2.28. The van der Waals surface area contributed by atoms with Gasteiger partial charge in [-0.3, -0.25) is 14.9 Å². The molecule has 4 amide bonds. The summed E-state index contributed by atoms with van der Waals surface area (Å²) in [5.74, 6) is -0.672. The van der Waals surface area contributed by atoms with Crippen LogP contribution in [0.2, 0.25) is 15.1 Å². The standard InChI is InChI=1S/C28H22BrCl3N2O7/c1-4-40-24-10-15(8-17(29)25(24)41-13-14-5-6-18(30)19(31)9-14)7-16-26(35)33-28(37)34(27(16)36)21-12-22(38-2)20(32)11-23(21)39-3/h5-12H,4,13H2,1-3H3,(H,33,35,37)/b16-7+. The van der Waals surface area contributed by atoms with Crippen LogP contribution in [0.5, 0.6) is 23.0 Å². The number of nitrogens with one attached hydrogen (secondary N) is 1. The molecule has 0 unspecified atom stereocenters. The van der Waals surface area contributed by atoms with E-state index in [2.05, 4.69) is 21.2 Å². The Bertz CT molecular complexity index is 1580. The largest absolute Gasteiger partial charge is 0.495 e. The maximum absolute atomic E-state index is 13.5. The zero-order valence-corrected chi connectivity index (χ0v) is 25.7. The molecule has 1 fully saturated rings. The molecule has 0 spiro atoms. The minimum atomic E-state index is -0.956. The highest BCUT2D eigenvalue weighted by Gasteiger charge is 2.38.